The number of fused-ring (bicyclic) bond motifs is 3. The molecule has 0 saturated heterocycles. The van der Waals surface area contributed by atoms with Crippen LogP contribution in [0.15, 0.2) is 80.8 Å². The Morgan fingerprint density at radius 2 is 1.75 bits per heavy atom. The molecule has 0 bridgehead atoms. The van der Waals surface area contributed by atoms with Crippen molar-refractivity contribution in [2.24, 2.45) is 0 Å². The first kappa shape index (κ1) is 20.1. The molecule has 1 amide bonds. The van der Waals surface area contributed by atoms with Crippen molar-refractivity contribution in [2.45, 2.75) is 17.4 Å². The van der Waals surface area contributed by atoms with Crippen molar-refractivity contribution in [1.29, 1.82) is 0 Å². The molecule has 32 heavy (non-hydrogen) atoms. The number of para-hydroxylation sites is 1. The Hall–Kier alpha value is -3.78. The molecule has 2 aromatic heterocycles. The Balaban J connectivity index is 1.35. The van der Waals surface area contributed by atoms with Gasteiger partial charge in [0.2, 0.25) is 11.8 Å². The summed E-state index contributed by atoms with van der Waals surface area (Å²) in [5.41, 5.74) is 2.81. The molecule has 0 spiro atoms. The second kappa shape index (κ2) is 8.39. The van der Waals surface area contributed by atoms with Crippen LogP contribution in [-0.4, -0.2) is 28.5 Å². The quantitative estimate of drug-likeness (QED) is 0.332. The summed E-state index contributed by atoms with van der Waals surface area (Å²) in [6.45, 7) is 1.78. The van der Waals surface area contributed by atoms with Gasteiger partial charge < -0.3 is 18.9 Å². The lowest BCUT2D eigenvalue weighted by Crippen LogP contribution is -2.22. The van der Waals surface area contributed by atoms with E-state index in [1.54, 1.807) is 20.1 Å². The third kappa shape index (κ3) is 3.80. The molecule has 3 aromatic carbocycles. The third-order valence-corrected chi connectivity index (χ3v) is 5.96. The molecule has 0 radical (unpaired) electrons. The maximum atomic E-state index is 12.9. The van der Waals surface area contributed by atoms with Crippen LogP contribution < -0.4 is 10.1 Å². The Kier molecular flexibility index (Phi) is 5.28. The lowest BCUT2D eigenvalue weighted by atomic mass is 10.1. The summed E-state index contributed by atoms with van der Waals surface area (Å²) in [4.78, 5) is 12.9. The topological polar surface area (TPSA) is 90.4 Å². The van der Waals surface area contributed by atoms with Crippen LogP contribution in [0.3, 0.4) is 0 Å². The first-order valence-corrected chi connectivity index (χ1v) is 10.9. The lowest BCUT2D eigenvalue weighted by Gasteiger charge is -2.13. The fourth-order valence-corrected chi connectivity index (χ4v) is 4.10. The predicted octanol–water partition coefficient (Wildman–Crippen LogP) is 5.76. The van der Waals surface area contributed by atoms with Crippen molar-refractivity contribution >= 4 is 45.3 Å². The van der Waals surface area contributed by atoms with Crippen LogP contribution in [0.25, 0.3) is 33.4 Å². The zero-order chi connectivity index (χ0) is 22.1. The van der Waals surface area contributed by atoms with Gasteiger partial charge in [-0.15, -0.1) is 10.2 Å². The molecule has 0 fully saturated rings. The van der Waals surface area contributed by atoms with Gasteiger partial charge in [0.15, 0.2) is 0 Å². The zero-order valence-electron chi connectivity index (χ0n) is 17.4. The van der Waals surface area contributed by atoms with Crippen molar-refractivity contribution in [2.75, 3.05) is 12.4 Å². The minimum atomic E-state index is -0.477. The van der Waals surface area contributed by atoms with Crippen molar-refractivity contribution in [3.05, 3.63) is 66.7 Å². The monoisotopic (exact) mass is 445 g/mol. The summed E-state index contributed by atoms with van der Waals surface area (Å²) < 4.78 is 17.1. The van der Waals surface area contributed by atoms with Crippen LogP contribution in [-0.2, 0) is 4.79 Å². The number of amides is 1. The van der Waals surface area contributed by atoms with Gasteiger partial charge in [0.25, 0.3) is 5.22 Å². The van der Waals surface area contributed by atoms with Crippen LogP contribution in [0.2, 0.25) is 0 Å². The Bertz CT molecular complexity index is 1410. The second-order valence-corrected chi connectivity index (χ2v) is 8.43. The average molecular weight is 446 g/mol. The van der Waals surface area contributed by atoms with Crippen LogP contribution in [0.4, 0.5) is 5.69 Å². The number of hydrogen-bond donors (Lipinski definition) is 1. The first-order valence-electron chi connectivity index (χ1n) is 9.98. The minimum Gasteiger partial charge on any atom is -0.495 e. The second-order valence-electron chi connectivity index (χ2n) is 7.14. The molecular weight excluding hydrogens is 426 g/mol. The SMILES string of the molecule is COc1cc2c(cc1NC(=O)C(C)Sc1nnc(-c3ccccc3)o1)oc1ccccc12. The molecule has 5 rings (SSSR count). The van der Waals surface area contributed by atoms with Gasteiger partial charge in [-0.3, -0.25) is 4.79 Å². The van der Waals surface area contributed by atoms with Crippen LogP contribution >= 0.6 is 11.8 Å². The van der Waals surface area contributed by atoms with Crippen molar-refractivity contribution in [3.8, 4) is 17.2 Å². The van der Waals surface area contributed by atoms with E-state index in [1.165, 1.54) is 11.8 Å². The molecule has 0 saturated carbocycles. The molecular formula is C24H19N3O4S. The number of aromatic nitrogens is 2. The van der Waals surface area contributed by atoms with Gasteiger partial charge in [-0.1, -0.05) is 48.2 Å². The molecule has 2 heterocycles. The molecule has 0 aliphatic rings. The maximum absolute atomic E-state index is 12.9. The first-order chi connectivity index (χ1) is 15.6. The normalized spacial score (nSPS) is 12.2. The molecule has 5 aromatic rings. The summed E-state index contributed by atoms with van der Waals surface area (Å²) in [5.74, 6) is 0.750. The predicted molar refractivity (Wildman–Crippen MR) is 124 cm³/mol. The Morgan fingerprint density at radius 1 is 0.969 bits per heavy atom. The van der Waals surface area contributed by atoms with Gasteiger partial charge in [-0.25, -0.2) is 0 Å². The van der Waals surface area contributed by atoms with Gasteiger partial charge in [0.1, 0.15) is 16.9 Å². The molecule has 160 valence electrons. The maximum Gasteiger partial charge on any atom is 0.277 e. The number of nitrogens with zero attached hydrogens (tertiary/aromatic N) is 2. The van der Waals surface area contributed by atoms with Gasteiger partial charge >= 0.3 is 0 Å². The number of ether oxygens (including phenoxy) is 1. The van der Waals surface area contributed by atoms with E-state index in [0.717, 1.165) is 21.9 Å². The van der Waals surface area contributed by atoms with Crippen molar-refractivity contribution < 1.29 is 18.4 Å². The summed E-state index contributed by atoms with van der Waals surface area (Å²) in [6.07, 6.45) is 0. The van der Waals surface area contributed by atoms with Crippen LogP contribution in [0, 0.1) is 0 Å². The number of carbonyl (C=O) groups excluding carboxylic acids is 1. The molecule has 1 atom stereocenters. The average Bonchev–Trinajstić information content (AvgIpc) is 3.43. The molecule has 1 N–H and O–H groups in total. The molecule has 0 aliphatic heterocycles. The number of anilines is 1. The Labute approximate surface area is 187 Å². The number of methoxy groups -OCH3 is 1. The van der Waals surface area contributed by atoms with Gasteiger partial charge in [-0.05, 0) is 31.2 Å². The number of carbonyl (C=O) groups is 1. The number of nitrogens with one attached hydrogen (secondary N) is 1. The highest BCUT2D eigenvalue weighted by molar-refractivity contribution is 8.00. The number of rotatable bonds is 6. The van der Waals surface area contributed by atoms with E-state index < -0.39 is 5.25 Å². The number of furan rings is 1. The molecule has 0 aliphatic carbocycles. The highest BCUT2D eigenvalue weighted by atomic mass is 32.2. The van der Waals surface area contributed by atoms with E-state index in [-0.39, 0.29) is 5.91 Å². The van der Waals surface area contributed by atoms with E-state index in [2.05, 4.69) is 15.5 Å². The fraction of sp³-hybridized carbons (Fsp3) is 0.125. The van der Waals surface area contributed by atoms with E-state index in [0.29, 0.717) is 28.1 Å². The number of benzene rings is 3. The number of hydrogen-bond acceptors (Lipinski definition) is 7. The van der Waals surface area contributed by atoms with Gasteiger partial charge in [-0.2, -0.15) is 0 Å². The highest BCUT2D eigenvalue weighted by Crippen LogP contribution is 2.37. The van der Waals surface area contributed by atoms with E-state index >= 15 is 0 Å². The standard InChI is InChI=1S/C24H19N3O4S/c1-14(32-24-27-26-23(31-24)15-8-4-3-5-9-15)22(28)25-18-13-20-17(12-21(18)29-2)16-10-6-7-11-19(16)30-20/h3-14H,1-2H3,(H,25,28). The third-order valence-electron chi connectivity index (χ3n) is 5.03. The summed E-state index contributed by atoms with van der Waals surface area (Å²) in [7, 11) is 1.57. The smallest absolute Gasteiger partial charge is 0.277 e. The fourth-order valence-electron chi connectivity index (χ4n) is 3.41. The summed E-state index contributed by atoms with van der Waals surface area (Å²) in [6, 6.07) is 20.9. The Morgan fingerprint density at radius 3 is 2.56 bits per heavy atom. The highest BCUT2D eigenvalue weighted by Gasteiger charge is 2.21. The van der Waals surface area contributed by atoms with E-state index in [4.69, 9.17) is 13.6 Å². The largest absolute Gasteiger partial charge is 0.495 e. The van der Waals surface area contributed by atoms with Crippen LogP contribution in [0.1, 0.15) is 6.92 Å². The zero-order valence-corrected chi connectivity index (χ0v) is 18.2. The summed E-state index contributed by atoms with van der Waals surface area (Å²) in [5, 5.41) is 12.8. The molecule has 1 unspecified atom stereocenters. The van der Waals surface area contributed by atoms with Crippen molar-refractivity contribution in [1.82, 2.24) is 10.2 Å². The molecule has 8 heteroatoms. The number of thioether (sulfide) groups is 1. The lowest BCUT2D eigenvalue weighted by molar-refractivity contribution is -0.115. The molecule has 7 nitrogen and oxygen atoms in total. The van der Waals surface area contributed by atoms with Crippen molar-refractivity contribution in [3.63, 3.8) is 0 Å². The van der Waals surface area contributed by atoms with Gasteiger partial charge in [0, 0.05) is 22.4 Å². The minimum absolute atomic E-state index is 0.219. The van der Waals surface area contributed by atoms with Crippen LogP contribution in [0.5, 0.6) is 5.75 Å². The van der Waals surface area contributed by atoms with Gasteiger partial charge in [0.05, 0.1) is 18.0 Å². The summed E-state index contributed by atoms with van der Waals surface area (Å²) >= 11 is 1.19. The van der Waals surface area contributed by atoms with E-state index in [9.17, 15) is 4.79 Å². The van der Waals surface area contributed by atoms with E-state index in [1.807, 2.05) is 60.7 Å².